The van der Waals surface area contributed by atoms with E-state index in [-0.39, 0.29) is 11.7 Å². The Labute approximate surface area is 163 Å². The number of nitrogens with zero attached hydrogens (tertiary/aromatic N) is 3. The van der Waals surface area contributed by atoms with Crippen LogP contribution in [0.5, 0.6) is 0 Å². The molecule has 28 heavy (non-hydrogen) atoms. The van der Waals surface area contributed by atoms with Gasteiger partial charge in [0.2, 0.25) is 0 Å². The molecular weight excluding hydrogens is 357 g/mol. The van der Waals surface area contributed by atoms with Crippen molar-refractivity contribution in [3.05, 3.63) is 83.4 Å². The van der Waals surface area contributed by atoms with Gasteiger partial charge in [0.15, 0.2) is 0 Å². The lowest BCUT2D eigenvalue weighted by atomic mass is 9.82. The average Bonchev–Trinajstić information content (AvgIpc) is 3.19. The van der Waals surface area contributed by atoms with E-state index in [2.05, 4.69) is 5.10 Å². The van der Waals surface area contributed by atoms with Crippen molar-refractivity contribution in [1.29, 1.82) is 0 Å². The van der Waals surface area contributed by atoms with Crippen LogP contribution in [0.25, 0.3) is 5.69 Å². The van der Waals surface area contributed by atoms with Gasteiger partial charge in [-0.15, -0.1) is 0 Å². The molecule has 0 spiro atoms. The maximum atomic E-state index is 13.1. The molecule has 1 aliphatic heterocycles. The molecule has 1 saturated heterocycles. The van der Waals surface area contributed by atoms with Crippen LogP contribution in [0.4, 0.5) is 4.39 Å². The van der Waals surface area contributed by atoms with Crippen molar-refractivity contribution >= 4 is 5.91 Å². The van der Waals surface area contributed by atoms with Crippen molar-refractivity contribution in [2.24, 2.45) is 0 Å². The van der Waals surface area contributed by atoms with Crippen molar-refractivity contribution in [2.75, 3.05) is 13.1 Å². The first kappa shape index (κ1) is 18.4. The molecule has 0 atom stereocenters. The Morgan fingerprint density at radius 3 is 2.46 bits per heavy atom. The van der Waals surface area contributed by atoms with Crippen LogP contribution in [-0.2, 0) is 5.60 Å². The van der Waals surface area contributed by atoms with E-state index in [1.807, 2.05) is 31.2 Å². The lowest BCUT2D eigenvalue weighted by Gasteiger charge is -2.39. The van der Waals surface area contributed by atoms with Gasteiger partial charge < -0.3 is 10.0 Å². The predicted octanol–water partition coefficient (Wildman–Crippen LogP) is 3.44. The number of amides is 1. The summed E-state index contributed by atoms with van der Waals surface area (Å²) >= 11 is 0. The molecule has 4 rings (SSSR count). The lowest BCUT2D eigenvalue weighted by Crippen LogP contribution is -2.45. The summed E-state index contributed by atoms with van der Waals surface area (Å²) in [6.45, 7) is 2.95. The number of halogens is 1. The van der Waals surface area contributed by atoms with E-state index < -0.39 is 5.60 Å². The van der Waals surface area contributed by atoms with Gasteiger partial charge in [-0.1, -0.05) is 24.3 Å². The zero-order chi connectivity index (χ0) is 19.7. The summed E-state index contributed by atoms with van der Waals surface area (Å²) in [6.07, 6.45) is 4.16. The van der Waals surface area contributed by atoms with E-state index >= 15 is 0 Å². The van der Waals surface area contributed by atoms with Crippen LogP contribution >= 0.6 is 0 Å². The summed E-state index contributed by atoms with van der Waals surface area (Å²) in [5.41, 5.74) is 2.26. The minimum absolute atomic E-state index is 0.111. The van der Waals surface area contributed by atoms with Crippen LogP contribution in [0.1, 0.15) is 34.3 Å². The van der Waals surface area contributed by atoms with Crippen LogP contribution in [0.2, 0.25) is 0 Å². The Morgan fingerprint density at radius 2 is 1.79 bits per heavy atom. The second-order valence-corrected chi connectivity index (χ2v) is 7.29. The van der Waals surface area contributed by atoms with Gasteiger partial charge in [0.1, 0.15) is 5.82 Å². The fourth-order valence-corrected chi connectivity index (χ4v) is 3.79. The summed E-state index contributed by atoms with van der Waals surface area (Å²) in [6, 6.07) is 13.8. The molecule has 1 aromatic heterocycles. The highest BCUT2D eigenvalue weighted by Crippen LogP contribution is 2.35. The Kier molecular flexibility index (Phi) is 4.73. The van der Waals surface area contributed by atoms with Gasteiger partial charge in [-0.2, -0.15) is 5.10 Å². The van der Waals surface area contributed by atoms with Crippen LogP contribution in [0.3, 0.4) is 0 Å². The minimum atomic E-state index is -0.902. The smallest absolute Gasteiger partial charge is 0.257 e. The predicted molar refractivity (Wildman–Crippen MR) is 104 cm³/mol. The molecule has 1 aliphatic rings. The number of hydrogen-bond acceptors (Lipinski definition) is 3. The maximum absolute atomic E-state index is 13.1. The number of aryl methyl sites for hydroxylation is 1. The Balaban J connectivity index is 1.46. The third-order valence-electron chi connectivity index (χ3n) is 5.44. The summed E-state index contributed by atoms with van der Waals surface area (Å²) in [7, 11) is 0. The van der Waals surface area contributed by atoms with E-state index in [9.17, 15) is 14.3 Å². The van der Waals surface area contributed by atoms with Gasteiger partial charge in [-0.05, 0) is 55.2 Å². The number of aromatic nitrogens is 2. The molecule has 1 amide bonds. The first-order chi connectivity index (χ1) is 13.5. The van der Waals surface area contributed by atoms with E-state index in [1.54, 1.807) is 27.9 Å². The molecule has 2 heterocycles. The Morgan fingerprint density at radius 1 is 1.11 bits per heavy atom. The summed E-state index contributed by atoms with van der Waals surface area (Å²) < 4.78 is 14.6. The molecule has 0 bridgehead atoms. The number of hydrogen-bond donors (Lipinski definition) is 1. The standard InChI is InChI=1S/C22H22FN3O2/c1-16-4-2-3-5-20(16)22(28)10-12-25(13-11-22)21(27)17-14-24-26(15-17)19-8-6-18(23)7-9-19/h2-9,14-15,28H,10-13H2,1H3. The highest BCUT2D eigenvalue weighted by atomic mass is 19.1. The molecule has 1 N–H and O–H groups in total. The van der Waals surface area contributed by atoms with Crippen LogP contribution in [0.15, 0.2) is 60.9 Å². The van der Waals surface area contributed by atoms with Crippen molar-refractivity contribution in [1.82, 2.24) is 14.7 Å². The van der Waals surface area contributed by atoms with Crippen LogP contribution in [0, 0.1) is 12.7 Å². The molecule has 6 heteroatoms. The molecule has 0 radical (unpaired) electrons. The third-order valence-corrected chi connectivity index (χ3v) is 5.44. The highest BCUT2D eigenvalue weighted by molar-refractivity contribution is 5.93. The topological polar surface area (TPSA) is 58.4 Å². The van der Waals surface area contributed by atoms with E-state index in [0.717, 1.165) is 11.1 Å². The van der Waals surface area contributed by atoms with Crippen molar-refractivity contribution in [3.8, 4) is 5.69 Å². The molecule has 2 aromatic carbocycles. The average molecular weight is 379 g/mol. The fraction of sp³-hybridized carbons (Fsp3) is 0.273. The normalized spacial score (nSPS) is 16.2. The number of rotatable bonds is 3. The molecule has 3 aromatic rings. The molecule has 0 aliphatic carbocycles. The number of likely N-dealkylation sites (tertiary alicyclic amines) is 1. The molecule has 1 fully saturated rings. The monoisotopic (exact) mass is 379 g/mol. The number of piperidine rings is 1. The maximum Gasteiger partial charge on any atom is 0.257 e. The van der Waals surface area contributed by atoms with Gasteiger partial charge in [0, 0.05) is 19.3 Å². The summed E-state index contributed by atoms with van der Waals surface area (Å²) in [5, 5.41) is 15.3. The van der Waals surface area contributed by atoms with Crippen molar-refractivity contribution < 1.29 is 14.3 Å². The molecule has 0 saturated carbocycles. The number of carbonyl (C=O) groups excluding carboxylic acids is 1. The number of carbonyl (C=O) groups is 1. The van der Waals surface area contributed by atoms with Gasteiger partial charge in [-0.3, -0.25) is 4.79 Å². The van der Waals surface area contributed by atoms with Crippen molar-refractivity contribution in [2.45, 2.75) is 25.4 Å². The molecule has 5 nitrogen and oxygen atoms in total. The summed E-state index contributed by atoms with van der Waals surface area (Å²) in [5.74, 6) is -0.429. The summed E-state index contributed by atoms with van der Waals surface area (Å²) in [4.78, 5) is 14.6. The first-order valence-electron chi connectivity index (χ1n) is 9.35. The van der Waals surface area contributed by atoms with Crippen molar-refractivity contribution in [3.63, 3.8) is 0 Å². The SMILES string of the molecule is Cc1ccccc1C1(O)CCN(C(=O)c2cnn(-c3ccc(F)cc3)c2)CC1. The zero-order valence-electron chi connectivity index (χ0n) is 15.7. The van der Waals surface area contributed by atoms with E-state index in [1.165, 1.54) is 18.3 Å². The second kappa shape index (κ2) is 7.20. The first-order valence-corrected chi connectivity index (χ1v) is 9.35. The molecule has 0 unspecified atom stereocenters. The Bertz CT molecular complexity index is 989. The third kappa shape index (κ3) is 3.43. The van der Waals surface area contributed by atoms with E-state index in [4.69, 9.17) is 0 Å². The Hall–Kier alpha value is -2.99. The molecular formula is C22H22FN3O2. The van der Waals surface area contributed by atoms with E-state index in [0.29, 0.717) is 37.2 Å². The number of aliphatic hydroxyl groups is 1. The van der Waals surface area contributed by atoms with Gasteiger partial charge in [0.25, 0.3) is 5.91 Å². The number of benzene rings is 2. The largest absolute Gasteiger partial charge is 0.385 e. The fourth-order valence-electron chi connectivity index (χ4n) is 3.79. The highest BCUT2D eigenvalue weighted by Gasteiger charge is 2.36. The van der Waals surface area contributed by atoms with Crippen LogP contribution in [-0.4, -0.2) is 38.8 Å². The minimum Gasteiger partial charge on any atom is -0.385 e. The van der Waals surface area contributed by atoms with Gasteiger partial charge >= 0.3 is 0 Å². The lowest BCUT2D eigenvalue weighted by molar-refractivity contribution is -0.0215. The zero-order valence-corrected chi connectivity index (χ0v) is 15.7. The van der Waals surface area contributed by atoms with Crippen LogP contribution < -0.4 is 0 Å². The second-order valence-electron chi connectivity index (χ2n) is 7.29. The van der Waals surface area contributed by atoms with Gasteiger partial charge in [0.05, 0.1) is 23.0 Å². The quantitative estimate of drug-likeness (QED) is 0.758. The molecule has 144 valence electrons. The van der Waals surface area contributed by atoms with Gasteiger partial charge in [-0.25, -0.2) is 9.07 Å².